The van der Waals surface area contributed by atoms with E-state index in [9.17, 15) is 4.79 Å². The Labute approximate surface area is 131 Å². The van der Waals surface area contributed by atoms with Gasteiger partial charge in [-0.25, -0.2) is 0 Å². The third-order valence-corrected chi connectivity index (χ3v) is 3.75. The van der Waals surface area contributed by atoms with E-state index in [-0.39, 0.29) is 18.4 Å². The van der Waals surface area contributed by atoms with E-state index in [0.29, 0.717) is 17.2 Å². The summed E-state index contributed by atoms with van der Waals surface area (Å²) in [7, 11) is 4.69. The lowest BCUT2D eigenvalue weighted by Crippen LogP contribution is -2.46. The van der Waals surface area contributed by atoms with E-state index >= 15 is 0 Å². The SMILES string of the molecule is COc1cc(CC(=O)NC2CCCNC2)cc(OC)c1OC. The quantitative estimate of drug-likeness (QED) is 0.824. The summed E-state index contributed by atoms with van der Waals surface area (Å²) in [6.07, 6.45) is 2.40. The van der Waals surface area contributed by atoms with E-state index in [1.54, 1.807) is 33.5 Å². The second-order valence-corrected chi connectivity index (χ2v) is 5.32. The zero-order valence-electron chi connectivity index (χ0n) is 13.4. The van der Waals surface area contributed by atoms with Gasteiger partial charge in [-0.2, -0.15) is 0 Å². The third-order valence-electron chi connectivity index (χ3n) is 3.75. The number of hydrogen-bond acceptors (Lipinski definition) is 5. The highest BCUT2D eigenvalue weighted by molar-refractivity contribution is 5.79. The summed E-state index contributed by atoms with van der Waals surface area (Å²) < 4.78 is 15.9. The molecule has 0 spiro atoms. The first-order chi connectivity index (χ1) is 10.7. The fraction of sp³-hybridized carbons (Fsp3) is 0.562. The van der Waals surface area contributed by atoms with Crippen molar-refractivity contribution in [1.29, 1.82) is 0 Å². The third kappa shape index (κ3) is 4.04. The maximum absolute atomic E-state index is 12.2. The van der Waals surface area contributed by atoms with E-state index in [2.05, 4.69) is 10.6 Å². The van der Waals surface area contributed by atoms with E-state index in [4.69, 9.17) is 14.2 Å². The highest BCUT2D eigenvalue weighted by Crippen LogP contribution is 2.38. The molecular weight excluding hydrogens is 284 g/mol. The largest absolute Gasteiger partial charge is 0.493 e. The first-order valence-electron chi connectivity index (χ1n) is 7.47. The molecule has 1 fully saturated rings. The van der Waals surface area contributed by atoms with Gasteiger partial charge in [-0.05, 0) is 37.1 Å². The number of amides is 1. The minimum absolute atomic E-state index is 0.00275. The van der Waals surface area contributed by atoms with Crippen LogP contribution >= 0.6 is 0 Å². The molecule has 1 atom stereocenters. The van der Waals surface area contributed by atoms with Crippen LogP contribution in [0.5, 0.6) is 17.2 Å². The van der Waals surface area contributed by atoms with Crippen molar-refractivity contribution in [3.8, 4) is 17.2 Å². The van der Waals surface area contributed by atoms with E-state index < -0.39 is 0 Å². The van der Waals surface area contributed by atoms with Crippen molar-refractivity contribution < 1.29 is 19.0 Å². The van der Waals surface area contributed by atoms with Crippen molar-refractivity contribution in [2.75, 3.05) is 34.4 Å². The lowest BCUT2D eigenvalue weighted by atomic mass is 10.1. The fourth-order valence-electron chi connectivity index (χ4n) is 2.68. The number of methoxy groups -OCH3 is 3. The Balaban J connectivity index is 2.06. The van der Waals surface area contributed by atoms with Crippen LogP contribution in [0.25, 0.3) is 0 Å². The van der Waals surface area contributed by atoms with Crippen LogP contribution in [0.1, 0.15) is 18.4 Å². The number of benzene rings is 1. The summed E-state index contributed by atoms with van der Waals surface area (Å²) in [5.41, 5.74) is 0.829. The molecule has 0 aromatic heterocycles. The molecule has 1 amide bonds. The predicted octanol–water partition coefficient (Wildman–Crippen LogP) is 1.12. The van der Waals surface area contributed by atoms with Gasteiger partial charge < -0.3 is 24.8 Å². The number of hydrogen-bond donors (Lipinski definition) is 2. The zero-order chi connectivity index (χ0) is 15.9. The maximum Gasteiger partial charge on any atom is 0.224 e. The molecule has 0 saturated carbocycles. The average Bonchev–Trinajstić information content (AvgIpc) is 2.54. The molecule has 2 rings (SSSR count). The van der Waals surface area contributed by atoms with Crippen LogP contribution in [-0.2, 0) is 11.2 Å². The Morgan fingerprint density at radius 3 is 2.41 bits per heavy atom. The van der Waals surface area contributed by atoms with Crippen molar-refractivity contribution >= 4 is 5.91 Å². The first-order valence-corrected chi connectivity index (χ1v) is 7.47. The second kappa shape index (κ2) is 7.89. The Morgan fingerprint density at radius 2 is 1.91 bits per heavy atom. The van der Waals surface area contributed by atoms with Crippen molar-refractivity contribution in [3.63, 3.8) is 0 Å². The van der Waals surface area contributed by atoms with Gasteiger partial charge in [0, 0.05) is 12.6 Å². The van der Waals surface area contributed by atoms with Crippen molar-refractivity contribution in [1.82, 2.24) is 10.6 Å². The molecule has 22 heavy (non-hydrogen) atoms. The minimum atomic E-state index is 0.00275. The van der Waals surface area contributed by atoms with Gasteiger partial charge in [0.05, 0.1) is 27.8 Å². The van der Waals surface area contributed by atoms with Crippen LogP contribution in [0, 0.1) is 0 Å². The van der Waals surface area contributed by atoms with Gasteiger partial charge in [-0.1, -0.05) is 0 Å². The monoisotopic (exact) mass is 308 g/mol. The molecule has 1 aliphatic rings. The Hall–Kier alpha value is -1.95. The molecule has 0 aliphatic carbocycles. The number of rotatable bonds is 6. The standard InChI is InChI=1S/C16H24N2O4/c1-20-13-7-11(8-14(21-2)16(13)22-3)9-15(19)18-12-5-4-6-17-10-12/h7-8,12,17H,4-6,9-10H2,1-3H3,(H,18,19). The molecule has 0 bridgehead atoms. The topological polar surface area (TPSA) is 68.8 Å². The lowest BCUT2D eigenvalue weighted by Gasteiger charge is -2.24. The molecule has 2 N–H and O–H groups in total. The zero-order valence-corrected chi connectivity index (χ0v) is 13.4. The van der Waals surface area contributed by atoms with Crippen molar-refractivity contribution in [3.05, 3.63) is 17.7 Å². The smallest absolute Gasteiger partial charge is 0.224 e. The summed E-state index contributed by atoms with van der Waals surface area (Å²) >= 11 is 0. The number of ether oxygens (including phenoxy) is 3. The van der Waals surface area contributed by atoms with Crippen molar-refractivity contribution in [2.24, 2.45) is 0 Å². The highest BCUT2D eigenvalue weighted by atomic mass is 16.5. The molecule has 6 heteroatoms. The van der Waals surface area contributed by atoms with Gasteiger partial charge in [-0.3, -0.25) is 4.79 Å². The van der Waals surface area contributed by atoms with E-state index in [0.717, 1.165) is 31.5 Å². The fourth-order valence-corrected chi connectivity index (χ4v) is 2.68. The van der Waals surface area contributed by atoms with Crippen LogP contribution in [0.3, 0.4) is 0 Å². The van der Waals surface area contributed by atoms with Crippen LogP contribution in [-0.4, -0.2) is 46.4 Å². The van der Waals surface area contributed by atoms with Gasteiger partial charge in [-0.15, -0.1) is 0 Å². The molecule has 1 saturated heterocycles. The molecule has 0 radical (unpaired) electrons. The van der Waals surface area contributed by atoms with E-state index in [1.807, 2.05) is 0 Å². The van der Waals surface area contributed by atoms with Crippen LogP contribution < -0.4 is 24.8 Å². The predicted molar refractivity (Wildman–Crippen MR) is 83.8 cm³/mol. The summed E-state index contributed by atoms with van der Waals surface area (Å²) in [6, 6.07) is 3.82. The number of nitrogens with one attached hydrogen (secondary N) is 2. The minimum Gasteiger partial charge on any atom is -0.493 e. The Kier molecular flexibility index (Phi) is 5.89. The van der Waals surface area contributed by atoms with Crippen molar-refractivity contribution in [2.45, 2.75) is 25.3 Å². The summed E-state index contributed by atoms with van der Waals surface area (Å²) in [5.74, 6) is 1.65. The van der Waals surface area contributed by atoms with Gasteiger partial charge >= 0.3 is 0 Å². The average molecular weight is 308 g/mol. The highest BCUT2D eigenvalue weighted by Gasteiger charge is 2.18. The van der Waals surface area contributed by atoms with Gasteiger partial charge in [0.2, 0.25) is 11.7 Å². The molecular formula is C16H24N2O4. The molecule has 1 aromatic carbocycles. The van der Waals surface area contributed by atoms with Crippen LogP contribution in [0.2, 0.25) is 0 Å². The number of carbonyl (C=O) groups is 1. The molecule has 1 unspecified atom stereocenters. The lowest BCUT2D eigenvalue weighted by molar-refractivity contribution is -0.121. The second-order valence-electron chi connectivity index (χ2n) is 5.32. The van der Waals surface area contributed by atoms with Gasteiger partial charge in [0.1, 0.15) is 0 Å². The Bertz CT molecular complexity index is 488. The summed E-state index contributed by atoms with van der Waals surface area (Å²) in [4.78, 5) is 12.2. The normalized spacial score (nSPS) is 17.7. The molecule has 1 heterocycles. The van der Waals surface area contributed by atoms with E-state index in [1.165, 1.54) is 0 Å². The molecule has 1 aromatic rings. The molecule has 6 nitrogen and oxygen atoms in total. The summed E-state index contributed by atoms with van der Waals surface area (Å²) in [5, 5.41) is 6.34. The maximum atomic E-state index is 12.2. The molecule has 122 valence electrons. The van der Waals surface area contributed by atoms with Crippen LogP contribution in [0.4, 0.5) is 0 Å². The first kappa shape index (κ1) is 16.4. The number of piperidine rings is 1. The Morgan fingerprint density at radius 1 is 1.23 bits per heavy atom. The number of carbonyl (C=O) groups excluding carboxylic acids is 1. The molecule has 1 aliphatic heterocycles. The van der Waals surface area contributed by atoms with Gasteiger partial charge in [0.25, 0.3) is 0 Å². The van der Waals surface area contributed by atoms with Gasteiger partial charge in [0.15, 0.2) is 11.5 Å². The summed E-state index contributed by atoms with van der Waals surface area (Å²) in [6.45, 7) is 1.86. The van der Waals surface area contributed by atoms with Crippen LogP contribution in [0.15, 0.2) is 12.1 Å².